The first-order valence-electron chi connectivity index (χ1n) is 7.91. The molecular formula is C18H18ClN3O3S. The summed E-state index contributed by atoms with van der Waals surface area (Å²) in [5.41, 5.74) is 2.86. The summed E-state index contributed by atoms with van der Waals surface area (Å²) in [6, 6.07) is 12.5. The topological polar surface area (TPSA) is 81.1 Å². The van der Waals surface area contributed by atoms with E-state index in [2.05, 4.69) is 10.3 Å². The number of fused-ring (bicyclic) bond motifs is 1. The molecule has 0 fully saturated rings. The molecule has 6 nitrogen and oxygen atoms in total. The first-order chi connectivity index (χ1) is 12.2. The summed E-state index contributed by atoms with van der Waals surface area (Å²) in [6.07, 6.45) is 1.14. The van der Waals surface area contributed by atoms with Crippen LogP contribution in [-0.4, -0.2) is 30.1 Å². The van der Waals surface area contributed by atoms with Crippen LogP contribution in [0.15, 0.2) is 42.5 Å². The number of rotatable bonds is 5. The standard InChI is InChI=1S/C18H18ClN3O3S/c1-12-7-8-13(9-14(12)19)20-18(23)10-22-16-6-4-3-5-15(16)21-17(22)11-26(2,24)25/h3-9H,10-11H2,1-2H3,(H,20,23). The fourth-order valence-corrected chi connectivity index (χ4v) is 3.53. The Morgan fingerprint density at radius 1 is 1.23 bits per heavy atom. The van der Waals surface area contributed by atoms with Gasteiger partial charge in [0.05, 0.1) is 11.0 Å². The number of amides is 1. The van der Waals surface area contributed by atoms with Crippen molar-refractivity contribution in [3.63, 3.8) is 0 Å². The highest BCUT2D eigenvalue weighted by Gasteiger charge is 2.17. The molecule has 0 aliphatic rings. The third-order valence-corrected chi connectivity index (χ3v) is 5.07. The summed E-state index contributed by atoms with van der Waals surface area (Å²) in [5, 5.41) is 3.35. The number of anilines is 1. The average Bonchev–Trinajstić information content (AvgIpc) is 2.86. The zero-order valence-electron chi connectivity index (χ0n) is 14.4. The SMILES string of the molecule is Cc1ccc(NC(=O)Cn2c(CS(C)(=O)=O)nc3ccccc32)cc1Cl. The molecular weight excluding hydrogens is 374 g/mol. The van der Waals surface area contributed by atoms with Crippen molar-refractivity contribution in [2.45, 2.75) is 19.2 Å². The third kappa shape index (κ3) is 4.23. The Kier molecular flexibility index (Phi) is 5.02. The van der Waals surface area contributed by atoms with Gasteiger partial charge in [-0.25, -0.2) is 13.4 Å². The summed E-state index contributed by atoms with van der Waals surface area (Å²) in [7, 11) is -3.28. The average molecular weight is 392 g/mol. The molecule has 0 aliphatic heterocycles. The van der Waals surface area contributed by atoms with Crippen molar-refractivity contribution >= 4 is 44.1 Å². The molecule has 0 bridgehead atoms. The molecule has 1 N–H and O–H groups in total. The van der Waals surface area contributed by atoms with Crippen LogP contribution in [0.4, 0.5) is 5.69 Å². The van der Waals surface area contributed by atoms with E-state index < -0.39 is 9.84 Å². The van der Waals surface area contributed by atoms with Crippen LogP contribution in [0.3, 0.4) is 0 Å². The number of sulfone groups is 1. The van der Waals surface area contributed by atoms with Gasteiger partial charge < -0.3 is 9.88 Å². The molecule has 0 atom stereocenters. The highest BCUT2D eigenvalue weighted by Crippen LogP contribution is 2.21. The molecule has 26 heavy (non-hydrogen) atoms. The fraction of sp³-hybridized carbons (Fsp3) is 0.222. The van der Waals surface area contributed by atoms with E-state index in [1.165, 1.54) is 0 Å². The fourth-order valence-electron chi connectivity index (χ4n) is 2.66. The van der Waals surface area contributed by atoms with Crippen LogP contribution in [0, 0.1) is 6.92 Å². The van der Waals surface area contributed by atoms with E-state index in [1.54, 1.807) is 22.8 Å². The van der Waals surface area contributed by atoms with Crippen molar-refractivity contribution in [1.29, 1.82) is 0 Å². The lowest BCUT2D eigenvalue weighted by atomic mass is 10.2. The Bertz CT molecular complexity index is 1090. The number of nitrogens with zero attached hydrogens (tertiary/aromatic N) is 2. The lowest BCUT2D eigenvalue weighted by molar-refractivity contribution is -0.116. The number of aryl methyl sites for hydroxylation is 1. The first kappa shape index (κ1) is 18.4. The van der Waals surface area contributed by atoms with Gasteiger partial charge in [0.25, 0.3) is 0 Å². The van der Waals surface area contributed by atoms with Crippen molar-refractivity contribution in [3.8, 4) is 0 Å². The third-order valence-electron chi connectivity index (χ3n) is 3.88. The summed E-state index contributed by atoms with van der Waals surface area (Å²) in [6.45, 7) is 1.83. The Morgan fingerprint density at radius 3 is 2.65 bits per heavy atom. The van der Waals surface area contributed by atoms with Gasteiger partial charge in [-0.1, -0.05) is 29.8 Å². The summed E-state index contributed by atoms with van der Waals surface area (Å²) < 4.78 is 25.0. The second kappa shape index (κ2) is 7.09. The molecule has 0 saturated carbocycles. The number of nitrogens with one attached hydrogen (secondary N) is 1. The van der Waals surface area contributed by atoms with E-state index in [1.807, 2.05) is 31.2 Å². The van der Waals surface area contributed by atoms with Crippen molar-refractivity contribution in [2.24, 2.45) is 0 Å². The minimum Gasteiger partial charge on any atom is -0.324 e. The highest BCUT2D eigenvalue weighted by atomic mass is 35.5. The molecule has 1 amide bonds. The normalized spacial score (nSPS) is 11.7. The second-order valence-electron chi connectivity index (χ2n) is 6.19. The predicted molar refractivity (Wildman–Crippen MR) is 103 cm³/mol. The van der Waals surface area contributed by atoms with Gasteiger partial charge >= 0.3 is 0 Å². The number of aromatic nitrogens is 2. The van der Waals surface area contributed by atoms with Gasteiger partial charge in [-0.05, 0) is 36.8 Å². The van der Waals surface area contributed by atoms with Crippen LogP contribution in [0.1, 0.15) is 11.4 Å². The van der Waals surface area contributed by atoms with Crippen LogP contribution >= 0.6 is 11.6 Å². The van der Waals surface area contributed by atoms with Crippen molar-refractivity contribution in [3.05, 3.63) is 58.9 Å². The molecule has 0 unspecified atom stereocenters. The zero-order valence-corrected chi connectivity index (χ0v) is 15.9. The Balaban J connectivity index is 1.90. The van der Waals surface area contributed by atoms with Gasteiger partial charge in [-0.15, -0.1) is 0 Å². The van der Waals surface area contributed by atoms with E-state index in [9.17, 15) is 13.2 Å². The number of hydrogen-bond donors (Lipinski definition) is 1. The molecule has 0 aliphatic carbocycles. The largest absolute Gasteiger partial charge is 0.324 e. The maximum atomic E-state index is 12.5. The maximum absolute atomic E-state index is 12.5. The van der Waals surface area contributed by atoms with E-state index in [0.717, 1.165) is 11.8 Å². The van der Waals surface area contributed by atoms with Gasteiger partial charge in [0.1, 0.15) is 18.1 Å². The molecule has 0 radical (unpaired) electrons. The van der Waals surface area contributed by atoms with Gasteiger partial charge in [0, 0.05) is 17.0 Å². The van der Waals surface area contributed by atoms with Gasteiger partial charge in [-0.2, -0.15) is 0 Å². The first-order valence-corrected chi connectivity index (χ1v) is 10.3. The number of benzene rings is 2. The van der Waals surface area contributed by atoms with Crippen LogP contribution in [0.2, 0.25) is 5.02 Å². The molecule has 2 aromatic carbocycles. The van der Waals surface area contributed by atoms with E-state index >= 15 is 0 Å². The quantitative estimate of drug-likeness (QED) is 0.724. The second-order valence-corrected chi connectivity index (χ2v) is 8.73. The van der Waals surface area contributed by atoms with E-state index in [4.69, 9.17) is 11.6 Å². The molecule has 0 spiro atoms. The number of halogens is 1. The Labute approximate surface area is 156 Å². The van der Waals surface area contributed by atoms with Gasteiger partial charge in [-0.3, -0.25) is 4.79 Å². The lowest BCUT2D eigenvalue weighted by Crippen LogP contribution is -2.21. The number of carbonyl (C=O) groups excluding carboxylic acids is 1. The number of imidazole rings is 1. The van der Waals surface area contributed by atoms with Crippen LogP contribution < -0.4 is 5.32 Å². The van der Waals surface area contributed by atoms with Crippen LogP contribution in [-0.2, 0) is 26.9 Å². The van der Waals surface area contributed by atoms with E-state index in [-0.39, 0.29) is 18.2 Å². The minimum absolute atomic E-state index is 0.0448. The monoisotopic (exact) mass is 391 g/mol. The summed E-state index contributed by atoms with van der Waals surface area (Å²) in [4.78, 5) is 16.9. The number of carbonyl (C=O) groups is 1. The molecule has 136 valence electrons. The van der Waals surface area contributed by atoms with Crippen molar-refractivity contribution in [1.82, 2.24) is 9.55 Å². The van der Waals surface area contributed by atoms with Crippen LogP contribution in [0.25, 0.3) is 11.0 Å². The summed E-state index contributed by atoms with van der Waals surface area (Å²) >= 11 is 6.08. The van der Waals surface area contributed by atoms with E-state index in [0.29, 0.717) is 27.6 Å². The molecule has 0 saturated heterocycles. The van der Waals surface area contributed by atoms with Crippen molar-refractivity contribution < 1.29 is 13.2 Å². The molecule has 3 aromatic rings. The van der Waals surface area contributed by atoms with Gasteiger partial charge in [0.15, 0.2) is 9.84 Å². The minimum atomic E-state index is -3.28. The molecule has 3 rings (SSSR count). The van der Waals surface area contributed by atoms with Gasteiger partial charge in [0.2, 0.25) is 5.91 Å². The smallest absolute Gasteiger partial charge is 0.244 e. The highest BCUT2D eigenvalue weighted by molar-refractivity contribution is 7.89. The molecule has 1 aromatic heterocycles. The number of hydrogen-bond acceptors (Lipinski definition) is 4. The maximum Gasteiger partial charge on any atom is 0.244 e. The number of para-hydroxylation sites is 2. The van der Waals surface area contributed by atoms with Crippen molar-refractivity contribution in [2.75, 3.05) is 11.6 Å². The molecule has 1 heterocycles. The lowest BCUT2D eigenvalue weighted by Gasteiger charge is -2.10. The predicted octanol–water partition coefficient (Wildman–Crippen LogP) is 3.18. The summed E-state index contributed by atoms with van der Waals surface area (Å²) in [5.74, 6) is -0.181. The van der Waals surface area contributed by atoms with Crippen LogP contribution in [0.5, 0.6) is 0 Å². The Morgan fingerprint density at radius 2 is 1.96 bits per heavy atom. The Hall–Kier alpha value is -2.38. The zero-order chi connectivity index (χ0) is 18.9. The molecule has 8 heteroatoms.